The van der Waals surface area contributed by atoms with Gasteiger partial charge in [0.25, 0.3) is 0 Å². The van der Waals surface area contributed by atoms with Crippen LogP contribution in [0.1, 0.15) is 37.4 Å². The van der Waals surface area contributed by atoms with Crippen LogP contribution in [0.15, 0.2) is 12.4 Å². The number of hydrogen-bond donors (Lipinski definition) is 1. The maximum atomic E-state index is 12.4. The summed E-state index contributed by atoms with van der Waals surface area (Å²) < 4.78 is 13.0. The Kier molecular flexibility index (Phi) is 4.55. The number of hydrogen-bond acceptors (Lipinski definition) is 4. The van der Waals surface area contributed by atoms with Crippen molar-refractivity contribution < 1.29 is 14.3 Å². The first-order valence-corrected chi connectivity index (χ1v) is 7.72. The zero-order valence-corrected chi connectivity index (χ0v) is 12.5. The van der Waals surface area contributed by atoms with E-state index < -0.39 is 0 Å². The van der Waals surface area contributed by atoms with Gasteiger partial charge >= 0.3 is 0 Å². The second kappa shape index (κ2) is 6.58. The minimum atomic E-state index is -0.0964. The molecule has 2 aliphatic heterocycles. The molecule has 3 heterocycles. The number of aromatic nitrogens is 2. The number of carbonyl (C=O) groups excluding carboxylic acids is 1. The molecule has 0 unspecified atom stereocenters. The summed E-state index contributed by atoms with van der Waals surface area (Å²) in [6.07, 6.45) is 7.47. The minimum absolute atomic E-state index is 0.0183. The molecule has 0 bridgehead atoms. The second-order valence-corrected chi connectivity index (χ2v) is 5.91. The predicted molar refractivity (Wildman–Crippen MR) is 76.6 cm³/mol. The molecule has 116 valence electrons. The maximum absolute atomic E-state index is 12.4. The standard InChI is InChI=1S/C15H23N3O3/c1-18-9-12(8-16-18)14-13(5-3-7-21-14)17-15(19)11-4-2-6-20-10-11/h8-9,11,13-14H,2-7,10H2,1H3,(H,17,19)/t11-,13-,14+/m0/s1. The molecule has 0 aromatic carbocycles. The second-order valence-electron chi connectivity index (χ2n) is 5.91. The molecule has 0 aliphatic carbocycles. The van der Waals surface area contributed by atoms with Crippen molar-refractivity contribution >= 4 is 5.91 Å². The van der Waals surface area contributed by atoms with Crippen molar-refractivity contribution in [1.29, 1.82) is 0 Å². The summed E-state index contributed by atoms with van der Waals surface area (Å²) in [7, 11) is 1.89. The number of rotatable bonds is 3. The number of nitrogens with zero attached hydrogens (tertiary/aromatic N) is 2. The van der Waals surface area contributed by atoms with Crippen LogP contribution in [0.4, 0.5) is 0 Å². The Balaban J connectivity index is 1.65. The van der Waals surface area contributed by atoms with Gasteiger partial charge in [0.15, 0.2) is 0 Å². The van der Waals surface area contributed by atoms with E-state index in [2.05, 4.69) is 10.4 Å². The van der Waals surface area contributed by atoms with Crippen LogP contribution in [0.5, 0.6) is 0 Å². The Bertz CT molecular complexity index is 482. The lowest BCUT2D eigenvalue weighted by Gasteiger charge is -2.33. The number of ether oxygens (including phenoxy) is 2. The van der Waals surface area contributed by atoms with Gasteiger partial charge in [0.05, 0.1) is 24.8 Å². The molecular weight excluding hydrogens is 270 g/mol. The lowest BCUT2D eigenvalue weighted by Crippen LogP contribution is -2.46. The highest BCUT2D eigenvalue weighted by atomic mass is 16.5. The van der Waals surface area contributed by atoms with Crippen molar-refractivity contribution in [2.45, 2.75) is 37.8 Å². The van der Waals surface area contributed by atoms with Crippen LogP contribution >= 0.6 is 0 Å². The van der Waals surface area contributed by atoms with E-state index in [9.17, 15) is 4.79 Å². The van der Waals surface area contributed by atoms with Crippen molar-refractivity contribution in [3.63, 3.8) is 0 Å². The fourth-order valence-corrected chi connectivity index (χ4v) is 3.09. The van der Waals surface area contributed by atoms with Gasteiger partial charge in [-0.05, 0) is 25.7 Å². The summed E-state index contributed by atoms with van der Waals surface area (Å²) in [5.41, 5.74) is 1.03. The normalized spacial score (nSPS) is 30.0. The van der Waals surface area contributed by atoms with Gasteiger partial charge in [-0.15, -0.1) is 0 Å². The average molecular weight is 293 g/mol. The van der Waals surface area contributed by atoms with Crippen LogP contribution in [0.3, 0.4) is 0 Å². The monoisotopic (exact) mass is 293 g/mol. The van der Waals surface area contributed by atoms with Crippen LogP contribution in [-0.4, -0.2) is 41.6 Å². The SMILES string of the molecule is Cn1cc([C@H]2OCCC[C@@H]2NC(=O)[C@H]2CCCOC2)cn1. The minimum Gasteiger partial charge on any atom is -0.381 e. The molecule has 2 saturated heterocycles. The van der Waals surface area contributed by atoms with E-state index in [1.54, 1.807) is 4.68 Å². The number of aryl methyl sites for hydroxylation is 1. The van der Waals surface area contributed by atoms with Crippen LogP contribution in [0.2, 0.25) is 0 Å². The van der Waals surface area contributed by atoms with Gasteiger partial charge in [0.1, 0.15) is 6.10 Å². The van der Waals surface area contributed by atoms with Gasteiger partial charge in [-0.1, -0.05) is 0 Å². The summed E-state index contributed by atoms with van der Waals surface area (Å²) in [4.78, 5) is 12.4. The van der Waals surface area contributed by atoms with Crippen molar-refractivity contribution in [3.8, 4) is 0 Å². The summed E-state index contributed by atoms with van der Waals surface area (Å²) in [5, 5.41) is 7.36. The number of carbonyl (C=O) groups is 1. The molecule has 0 saturated carbocycles. The Morgan fingerprint density at radius 3 is 2.95 bits per heavy atom. The molecule has 1 amide bonds. The molecule has 1 aromatic heterocycles. The topological polar surface area (TPSA) is 65.4 Å². The predicted octanol–water partition coefficient (Wildman–Crippen LogP) is 1.18. The van der Waals surface area contributed by atoms with Crippen molar-refractivity contribution in [1.82, 2.24) is 15.1 Å². The van der Waals surface area contributed by atoms with Crippen molar-refractivity contribution in [2.75, 3.05) is 19.8 Å². The average Bonchev–Trinajstić information content (AvgIpc) is 2.95. The third-order valence-electron chi connectivity index (χ3n) is 4.23. The molecule has 0 spiro atoms. The van der Waals surface area contributed by atoms with E-state index in [-0.39, 0.29) is 24.0 Å². The highest BCUT2D eigenvalue weighted by molar-refractivity contribution is 5.79. The largest absolute Gasteiger partial charge is 0.381 e. The van der Waals surface area contributed by atoms with Gasteiger partial charge in [-0.25, -0.2) is 0 Å². The highest BCUT2D eigenvalue weighted by Gasteiger charge is 2.32. The first-order chi connectivity index (χ1) is 10.2. The third-order valence-corrected chi connectivity index (χ3v) is 4.23. The van der Waals surface area contributed by atoms with Gasteiger partial charge in [0, 0.05) is 32.0 Å². The zero-order valence-electron chi connectivity index (χ0n) is 12.5. The van der Waals surface area contributed by atoms with E-state index >= 15 is 0 Å². The summed E-state index contributed by atoms with van der Waals surface area (Å²) in [5.74, 6) is 0.0781. The van der Waals surface area contributed by atoms with E-state index in [1.807, 2.05) is 19.4 Å². The molecule has 1 aromatic rings. The number of nitrogens with one attached hydrogen (secondary N) is 1. The van der Waals surface area contributed by atoms with Crippen LogP contribution < -0.4 is 5.32 Å². The van der Waals surface area contributed by atoms with E-state index in [1.165, 1.54) is 0 Å². The Labute approximate surface area is 124 Å². The molecule has 3 rings (SSSR count). The fraction of sp³-hybridized carbons (Fsp3) is 0.733. The molecule has 6 nitrogen and oxygen atoms in total. The molecule has 21 heavy (non-hydrogen) atoms. The quantitative estimate of drug-likeness (QED) is 0.909. The van der Waals surface area contributed by atoms with Crippen LogP contribution in [-0.2, 0) is 21.3 Å². The van der Waals surface area contributed by atoms with Crippen molar-refractivity contribution in [3.05, 3.63) is 18.0 Å². The molecule has 2 fully saturated rings. The van der Waals surface area contributed by atoms with Crippen molar-refractivity contribution in [2.24, 2.45) is 13.0 Å². The summed E-state index contributed by atoms with van der Waals surface area (Å²) in [6, 6.07) is 0.0253. The molecule has 6 heteroatoms. The molecule has 2 aliphatic rings. The highest BCUT2D eigenvalue weighted by Crippen LogP contribution is 2.28. The Morgan fingerprint density at radius 1 is 1.38 bits per heavy atom. The smallest absolute Gasteiger partial charge is 0.225 e. The summed E-state index contributed by atoms with van der Waals surface area (Å²) >= 11 is 0. The number of amides is 1. The summed E-state index contributed by atoms with van der Waals surface area (Å²) in [6.45, 7) is 2.05. The van der Waals surface area contributed by atoms with E-state index in [0.29, 0.717) is 6.61 Å². The Hall–Kier alpha value is -1.40. The molecule has 1 N–H and O–H groups in total. The van der Waals surface area contributed by atoms with Gasteiger partial charge < -0.3 is 14.8 Å². The lowest BCUT2D eigenvalue weighted by molar-refractivity contribution is -0.132. The molecule has 0 radical (unpaired) electrons. The van der Waals surface area contributed by atoms with Gasteiger partial charge in [-0.2, -0.15) is 5.10 Å². The van der Waals surface area contributed by atoms with E-state index in [4.69, 9.17) is 9.47 Å². The van der Waals surface area contributed by atoms with E-state index in [0.717, 1.165) is 44.5 Å². The van der Waals surface area contributed by atoms with Crippen LogP contribution in [0, 0.1) is 5.92 Å². The molecule has 3 atom stereocenters. The lowest BCUT2D eigenvalue weighted by atomic mass is 9.95. The van der Waals surface area contributed by atoms with Crippen LogP contribution in [0.25, 0.3) is 0 Å². The third kappa shape index (κ3) is 3.44. The fourth-order valence-electron chi connectivity index (χ4n) is 3.09. The first-order valence-electron chi connectivity index (χ1n) is 7.72. The zero-order chi connectivity index (χ0) is 14.7. The van der Waals surface area contributed by atoms with Gasteiger partial charge in [0.2, 0.25) is 5.91 Å². The maximum Gasteiger partial charge on any atom is 0.225 e. The van der Waals surface area contributed by atoms with Gasteiger partial charge in [-0.3, -0.25) is 9.48 Å². The first kappa shape index (κ1) is 14.5. The Morgan fingerprint density at radius 2 is 2.24 bits per heavy atom. The molecular formula is C15H23N3O3.